The van der Waals surface area contributed by atoms with Crippen molar-refractivity contribution in [2.24, 2.45) is 0 Å². The van der Waals surface area contributed by atoms with Crippen molar-refractivity contribution in [3.8, 4) is 6.07 Å². The van der Waals surface area contributed by atoms with Crippen LogP contribution in [0.25, 0.3) is 16.6 Å². The lowest BCUT2D eigenvalue weighted by molar-refractivity contribution is 0.0869. The van der Waals surface area contributed by atoms with Crippen LogP contribution in [-0.4, -0.2) is 40.2 Å². The van der Waals surface area contributed by atoms with Gasteiger partial charge in [0.25, 0.3) is 15.9 Å². The third kappa shape index (κ3) is 2.54. The number of imidazole rings is 1. The van der Waals surface area contributed by atoms with Crippen molar-refractivity contribution in [2.45, 2.75) is 4.90 Å². The number of carbonyl (C=O) groups excluding carboxylic acids is 1. The molecule has 0 radical (unpaired) electrons. The summed E-state index contributed by atoms with van der Waals surface area (Å²) in [6.45, 7) is -0.657. The molecule has 0 atom stereocenters. The van der Waals surface area contributed by atoms with Gasteiger partial charge in [-0.1, -0.05) is 24.3 Å². The summed E-state index contributed by atoms with van der Waals surface area (Å²) in [5.41, 5.74) is 1.05. The monoisotopic (exact) mass is 380 g/mol. The number of aromatic amines is 1. The van der Waals surface area contributed by atoms with Gasteiger partial charge >= 0.3 is 0 Å². The molecule has 1 aliphatic rings. The lowest BCUT2D eigenvalue weighted by atomic mass is 10.2. The molecule has 0 saturated carbocycles. The Kier molecular flexibility index (Phi) is 3.71. The van der Waals surface area contributed by atoms with Crippen LogP contribution in [0.3, 0.4) is 0 Å². The van der Waals surface area contributed by atoms with Crippen molar-refractivity contribution >= 4 is 32.5 Å². The molecule has 1 aliphatic heterocycles. The minimum atomic E-state index is -4.09. The number of para-hydroxylation sites is 2. The van der Waals surface area contributed by atoms with E-state index in [4.69, 9.17) is 0 Å². The van der Waals surface area contributed by atoms with Crippen molar-refractivity contribution in [3.63, 3.8) is 0 Å². The predicted octanol–water partition coefficient (Wildman–Crippen LogP) is 2.20. The minimum absolute atomic E-state index is 0.0348. The molecule has 0 unspecified atom stereocenters. The first-order chi connectivity index (χ1) is 12.9. The zero-order chi connectivity index (χ0) is 19.2. The maximum Gasteiger partial charge on any atom is 0.269 e. The molecular formula is C18H12N4O4S. The molecule has 2 N–H and O–H groups in total. The standard InChI is InChI=1S/C18H12N4O4S/c19-9-12(17-20-13-6-2-3-7-14(13)21-17)15(23)10-22-18(24)11-5-1-4-8-16(11)27(22,25)26/h1-8,23H,10H2,(H,20,21). The normalized spacial score (nSPS) is 16.1. The molecular weight excluding hydrogens is 368 g/mol. The van der Waals surface area contributed by atoms with Gasteiger partial charge in [-0.25, -0.2) is 17.7 Å². The summed E-state index contributed by atoms with van der Waals surface area (Å²) in [4.78, 5) is 19.4. The number of amides is 1. The number of hydrogen-bond acceptors (Lipinski definition) is 6. The maximum absolute atomic E-state index is 12.6. The minimum Gasteiger partial charge on any atom is -0.509 e. The van der Waals surface area contributed by atoms with Gasteiger partial charge in [0, 0.05) is 0 Å². The number of rotatable bonds is 3. The fraction of sp³-hybridized carbons (Fsp3) is 0.0556. The number of aromatic nitrogens is 2. The van der Waals surface area contributed by atoms with Gasteiger partial charge in [0.2, 0.25) is 0 Å². The van der Waals surface area contributed by atoms with Crippen LogP contribution in [0.4, 0.5) is 0 Å². The zero-order valence-corrected chi connectivity index (χ0v) is 14.6. The predicted molar refractivity (Wildman–Crippen MR) is 95.9 cm³/mol. The molecule has 8 nitrogen and oxygen atoms in total. The van der Waals surface area contributed by atoms with Gasteiger partial charge in [-0.3, -0.25) is 4.79 Å². The number of aliphatic hydroxyl groups excluding tert-OH is 1. The average molecular weight is 380 g/mol. The Morgan fingerprint density at radius 3 is 2.59 bits per heavy atom. The summed E-state index contributed by atoms with van der Waals surface area (Å²) >= 11 is 0. The third-order valence-electron chi connectivity index (χ3n) is 4.23. The van der Waals surface area contributed by atoms with Gasteiger partial charge in [0.15, 0.2) is 5.82 Å². The van der Waals surface area contributed by atoms with E-state index in [2.05, 4.69) is 9.97 Å². The first-order valence-corrected chi connectivity index (χ1v) is 9.31. The molecule has 1 amide bonds. The van der Waals surface area contributed by atoms with Crippen LogP contribution >= 0.6 is 0 Å². The quantitative estimate of drug-likeness (QED) is 0.530. The van der Waals surface area contributed by atoms with Gasteiger partial charge in [0.05, 0.1) is 23.1 Å². The number of nitrogens with zero attached hydrogens (tertiary/aromatic N) is 3. The number of hydrogen-bond donors (Lipinski definition) is 2. The average Bonchev–Trinajstić information content (AvgIpc) is 3.16. The van der Waals surface area contributed by atoms with Gasteiger partial charge in [-0.2, -0.15) is 5.26 Å². The van der Waals surface area contributed by atoms with Crippen LogP contribution in [0, 0.1) is 11.3 Å². The Hall–Kier alpha value is -3.64. The van der Waals surface area contributed by atoms with Crippen LogP contribution in [0.1, 0.15) is 16.2 Å². The smallest absolute Gasteiger partial charge is 0.269 e. The van der Waals surface area contributed by atoms with Crippen LogP contribution < -0.4 is 0 Å². The zero-order valence-electron chi connectivity index (χ0n) is 13.7. The highest BCUT2D eigenvalue weighted by Gasteiger charge is 2.41. The Balaban J connectivity index is 1.75. The van der Waals surface area contributed by atoms with Crippen molar-refractivity contribution in [3.05, 3.63) is 65.7 Å². The Morgan fingerprint density at radius 1 is 1.19 bits per heavy atom. The molecule has 27 heavy (non-hydrogen) atoms. The number of H-pyrrole nitrogens is 1. The summed E-state index contributed by atoms with van der Waals surface area (Å²) in [5, 5.41) is 19.9. The van der Waals surface area contributed by atoms with E-state index in [1.54, 1.807) is 30.3 Å². The second-order valence-electron chi connectivity index (χ2n) is 5.85. The van der Waals surface area contributed by atoms with Crippen molar-refractivity contribution in [1.29, 1.82) is 5.26 Å². The SMILES string of the molecule is N#CC(=C(O)CN1C(=O)c2ccccc2S1(=O)=O)c1nc2ccccc2[nH]1. The number of nitriles is 1. The van der Waals surface area contributed by atoms with Crippen molar-refractivity contribution in [2.75, 3.05) is 6.54 Å². The number of benzene rings is 2. The summed E-state index contributed by atoms with van der Waals surface area (Å²) < 4.78 is 25.7. The van der Waals surface area contributed by atoms with E-state index < -0.39 is 28.2 Å². The second kappa shape index (κ2) is 5.96. The first kappa shape index (κ1) is 16.8. The number of carbonyl (C=O) groups is 1. The van der Waals surface area contributed by atoms with Crippen LogP contribution in [0.2, 0.25) is 0 Å². The summed E-state index contributed by atoms with van der Waals surface area (Å²) in [6, 6.07) is 14.7. The van der Waals surface area contributed by atoms with E-state index in [1.807, 2.05) is 6.07 Å². The van der Waals surface area contributed by atoms with Gasteiger partial charge in [0.1, 0.15) is 22.3 Å². The lowest BCUT2D eigenvalue weighted by Crippen LogP contribution is -2.32. The summed E-state index contributed by atoms with van der Waals surface area (Å²) in [7, 11) is -4.09. The van der Waals surface area contributed by atoms with Crippen LogP contribution in [0.15, 0.2) is 59.2 Å². The fourth-order valence-electron chi connectivity index (χ4n) is 2.93. The van der Waals surface area contributed by atoms with Crippen molar-refractivity contribution in [1.82, 2.24) is 14.3 Å². The largest absolute Gasteiger partial charge is 0.509 e. The molecule has 0 spiro atoms. The Morgan fingerprint density at radius 2 is 1.89 bits per heavy atom. The number of allylic oxidation sites excluding steroid dienone is 1. The number of nitrogens with one attached hydrogen (secondary N) is 1. The van der Waals surface area contributed by atoms with Crippen LogP contribution in [-0.2, 0) is 10.0 Å². The molecule has 0 aliphatic carbocycles. The van der Waals surface area contributed by atoms with Crippen LogP contribution in [0.5, 0.6) is 0 Å². The van der Waals surface area contributed by atoms with Gasteiger partial charge in [-0.05, 0) is 24.3 Å². The molecule has 0 saturated heterocycles. The molecule has 3 aromatic rings. The number of fused-ring (bicyclic) bond motifs is 2. The Labute approximate surface area is 154 Å². The van der Waals surface area contributed by atoms with E-state index in [1.165, 1.54) is 18.2 Å². The van der Waals surface area contributed by atoms with E-state index in [-0.39, 0.29) is 21.9 Å². The number of sulfonamides is 1. The molecule has 134 valence electrons. The molecule has 0 fully saturated rings. The molecule has 2 heterocycles. The highest BCUT2D eigenvalue weighted by Crippen LogP contribution is 2.31. The molecule has 9 heteroatoms. The number of aliphatic hydroxyl groups is 1. The molecule has 1 aromatic heterocycles. The molecule has 0 bridgehead atoms. The van der Waals surface area contributed by atoms with E-state index in [0.29, 0.717) is 15.3 Å². The van der Waals surface area contributed by atoms with Crippen molar-refractivity contribution < 1.29 is 18.3 Å². The topological polar surface area (TPSA) is 127 Å². The summed E-state index contributed by atoms with van der Waals surface area (Å²) in [6.07, 6.45) is 0. The van der Waals surface area contributed by atoms with Gasteiger partial charge < -0.3 is 10.1 Å². The van der Waals surface area contributed by atoms with Gasteiger partial charge in [-0.15, -0.1) is 0 Å². The lowest BCUT2D eigenvalue weighted by Gasteiger charge is -2.14. The molecule has 4 rings (SSSR count). The second-order valence-corrected chi connectivity index (χ2v) is 7.68. The third-order valence-corrected chi connectivity index (χ3v) is 6.02. The first-order valence-electron chi connectivity index (χ1n) is 7.87. The van der Waals surface area contributed by atoms with E-state index in [9.17, 15) is 23.6 Å². The highest BCUT2D eigenvalue weighted by atomic mass is 32.2. The molecule has 2 aromatic carbocycles. The van der Waals surface area contributed by atoms with E-state index in [0.717, 1.165) is 0 Å². The maximum atomic E-state index is 12.6. The highest BCUT2D eigenvalue weighted by molar-refractivity contribution is 7.90. The Bertz CT molecular complexity index is 1230. The van der Waals surface area contributed by atoms with E-state index >= 15 is 0 Å². The fourth-order valence-corrected chi connectivity index (χ4v) is 4.46. The summed E-state index contributed by atoms with van der Waals surface area (Å²) in [5.74, 6) is -1.22.